The summed E-state index contributed by atoms with van der Waals surface area (Å²) in [4.78, 5) is 4.19. The Labute approximate surface area is 75.1 Å². The van der Waals surface area contributed by atoms with Gasteiger partial charge in [-0.3, -0.25) is 4.99 Å². The summed E-state index contributed by atoms with van der Waals surface area (Å²) in [7, 11) is 0. The van der Waals surface area contributed by atoms with Crippen molar-refractivity contribution in [1.82, 2.24) is 5.32 Å². The van der Waals surface area contributed by atoms with Crippen LogP contribution in [0.25, 0.3) is 0 Å². The first kappa shape index (κ1) is 11.1. The number of likely N-dealkylation sites (N-methyl/N-ethyl adjacent to an activating group) is 1. The predicted octanol–water partition coefficient (Wildman–Crippen LogP) is 2.15. The lowest BCUT2D eigenvalue weighted by atomic mass is 10.4. The van der Waals surface area contributed by atoms with Crippen molar-refractivity contribution in [2.45, 2.75) is 20.8 Å². The fraction of sp³-hybridized carbons (Fsp3) is 0.500. The monoisotopic (exact) mass is 166 g/mol. The second-order valence-corrected chi connectivity index (χ2v) is 2.46. The van der Waals surface area contributed by atoms with Crippen molar-refractivity contribution in [2.75, 3.05) is 13.1 Å². The van der Waals surface area contributed by atoms with Crippen molar-refractivity contribution in [3.8, 4) is 0 Å². The zero-order chi connectivity index (χ0) is 9.23. The summed E-state index contributed by atoms with van der Waals surface area (Å²) >= 11 is 0. The molecule has 0 spiro atoms. The standard InChI is InChI=1S/C10H18N2/c1-4-6-8-12-10(3)7-9-11-5-2/h4,6-8,11H,5,9H2,1-3H3/b6-4-,10-7+,12-8+. The Morgan fingerprint density at radius 2 is 2.25 bits per heavy atom. The molecule has 68 valence electrons. The smallest absolute Gasteiger partial charge is 0.0345 e. The first-order valence-electron chi connectivity index (χ1n) is 4.34. The van der Waals surface area contributed by atoms with Crippen LogP contribution in [0.15, 0.2) is 28.9 Å². The molecule has 0 radical (unpaired) electrons. The zero-order valence-electron chi connectivity index (χ0n) is 8.17. The van der Waals surface area contributed by atoms with Crippen LogP contribution in [0.5, 0.6) is 0 Å². The highest BCUT2D eigenvalue weighted by molar-refractivity contribution is 5.71. The van der Waals surface area contributed by atoms with E-state index in [-0.39, 0.29) is 0 Å². The molecule has 12 heavy (non-hydrogen) atoms. The van der Waals surface area contributed by atoms with Crippen LogP contribution in [0.4, 0.5) is 0 Å². The number of hydrogen-bond donors (Lipinski definition) is 1. The van der Waals surface area contributed by atoms with Crippen LogP contribution in [0, 0.1) is 0 Å². The van der Waals surface area contributed by atoms with Gasteiger partial charge in [-0.15, -0.1) is 0 Å². The minimum absolute atomic E-state index is 0.898. The van der Waals surface area contributed by atoms with Gasteiger partial charge in [0.1, 0.15) is 0 Å². The molecule has 0 saturated carbocycles. The summed E-state index contributed by atoms with van der Waals surface area (Å²) in [5.41, 5.74) is 1.05. The number of nitrogens with one attached hydrogen (secondary N) is 1. The van der Waals surface area contributed by atoms with Crippen LogP contribution < -0.4 is 5.32 Å². The molecule has 0 rings (SSSR count). The van der Waals surface area contributed by atoms with E-state index in [2.05, 4.69) is 23.3 Å². The molecule has 0 amide bonds. The molecular weight excluding hydrogens is 148 g/mol. The van der Waals surface area contributed by atoms with Gasteiger partial charge in [-0.2, -0.15) is 0 Å². The Hall–Kier alpha value is -0.890. The van der Waals surface area contributed by atoms with E-state index in [0.29, 0.717) is 0 Å². The third-order valence-corrected chi connectivity index (χ3v) is 1.35. The van der Waals surface area contributed by atoms with Gasteiger partial charge in [0, 0.05) is 18.5 Å². The summed E-state index contributed by atoms with van der Waals surface area (Å²) in [6, 6.07) is 0. The topological polar surface area (TPSA) is 24.4 Å². The molecule has 0 atom stereocenters. The maximum absolute atomic E-state index is 4.19. The summed E-state index contributed by atoms with van der Waals surface area (Å²) in [5.74, 6) is 0. The molecule has 0 aliphatic rings. The lowest BCUT2D eigenvalue weighted by Crippen LogP contribution is -2.11. The van der Waals surface area contributed by atoms with Crippen LogP contribution in [0.2, 0.25) is 0 Å². The lowest BCUT2D eigenvalue weighted by molar-refractivity contribution is 0.795. The van der Waals surface area contributed by atoms with Gasteiger partial charge in [0.15, 0.2) is 0 Å². The van der Waals surface area contributed by atoms with E-state index in [9.17, 15) is 0 Å². The minimum Gasteiger partial charge on any atom is -0.313 e. The Morgan fingerprint density at radius 1 is 1.50 bits per heavy atom. The van der Waals surface area contributed by atoms with Crippen LogP contribution >= 0.6 is 0 Å². The largest absolute Gasteiger partial charge is 0.313 e. The van der Waals surface area contributed by atoms with E-state index in [1.807, 2.05) is 26.0 Å². The Kier molecular flexibility index (Phi) is 7.60. The number of rotatable bonds is 5. The molecule has 0 aliphatic carbocycles. The highest BCUT2D eigenvalue weighted by Crippen LogP contribution is 1.91. The first-order chi connectivity index (χ1) is 5.81. The van der Waals surface area contributed by atoms with Crippen molar-refractivity contribution >= 4 is 6.21 Å². The first-order valence-corrected chi connectivity index (χ1v) is 4.34. The highest BCUT2D eigenvalue weighted by atomic mass is 14.8. The van der Waals surface area contributed by atoms with E-state index in [0.717, 1.165) is 18.8 Å². The number of nitrogens with zero attached hydrogens (tertiary/aromatic N) is 1. The van der Waals surface area contributed by atoms with Gasteiger partial charge in [0.25, 0.3) is 0 Å². The Morgan fingerprint density at radius 3 is 2.83 bits per heavy atom. The molecular formula is C10H18N2. The molecule has 2 nitrogen and oxygen atoms in total. The van der Waals surface area contributed by atoms with Crippen molar-refractivity contribution in [2.24, 2.45) is 4.99 Å². The van der Waals surface area contributed by atoms with Gasteiger partial charge in [0.05, 0.1) is 0 Å². The van der Waals surface area contributed by atoms with Gasteiger partial charge >= 0.3 is 0 Å². The van der Waals surface area contributed by atoms with E-state index < -0.39 is 0 Å². The molecule has 2 heteroatoms. The highest BCUT2D eigenvalue weighted by Gasteiger charge is 1.80. The maximum Gasteiger partial charge on any atom is 0.0345 e. The molecule has 0 aliphatic heterocycles. The van der Waals surface area contributed by atoms with Crippen molar-refractivity contribution < 1.29 is 0 Å². The van der Waals surface area contributed by atoms with Gasteiger partial charge in [-0.25, -0.2) is 0 Å². The molecule has 0 aromatic rings. The van der Waals surface area contributed by atoms with Crippen molar-refractivity contribution in [3.05, 3.63) is 23.9 Å². The second-order valence-electron chi connectivity index (χ2n) is 2.46. The SMILES string of the molecule is C\C=C/C=N/C(C)=C/CNCC. The number of aliphatic imine (C=N–C) groups is 1. The predicted molar refractivity (Wildman–Crippen MR) is 55.6 cm³/mol. The minimum atomic E-state index is 0.898. The molecule has 0 unspecified atom stereocenters. The zero-order valence-corrected chi connectivity index (χ0v) is 8.17. The third kappa shape index (κ3) is 7.22. The summed E-state index contributed by atoms with van der Waals surface area (Å²) in [5, 5.41) is 3.20. The van der Waals surface area contributed by atoms with Gasteiger partial charge in [-0.05, 0) is 32.5 Å². The van der Waals surface area contributed by atoms with Crippen molar-refractivity contribution in [3.63, 3.8) is 0 Å². The molecule has 0 fully saturated rings. The molecule has 0 bridgehead atoms. The molecule has 0 aromatic carbocycles. The molecule has 1 N–H and O–H groups in total. The summed E-state index contributed by atoms with van der Waals surface area (Å²) in [6.45, 7) is 7.96. The van der Waals surface area contributed by atoms with Crippen LogP contribution in [-0.2, 0) is 0 Å². The van der Waals surface area contributed by atoms with E-state index in [4.69, 9.17) is 0 Å². The average molecular weight is 166 g/mol. The number of hydrogen-bond acceptors (Lipinski definition) is 2. The fourth-order valence-corrected chi connectivity index (χ4v) is 0.664. The quantitative estimate of drug-likeness (QED) is 0.491. The van der Waals surface area contributed by atoms with E-state index >= 15 is 0 Å². The van der Waals surface area contributed by atoms with Crippen LogP contribution in [0.3, 0.4) is 0 Å². The van der Waals surface area contributed by atoms with E-state index in [1.165, 1.54) is 0 Å². The van der Waals surface area contributed by atoms with E-state index in [1.54, 1.807) is 6.21 Å². The Balaban J connectivity index is 3.69. The second kappa shape index (κ2) is 8.21. The third-order valence-electron chi connectivity index (χ3n) is 1.35. The van der Waals surface area contributed by atoms with Gasteiger partial charge < -0.3 is 5.32 Å². The lowest BCUT2D eigenvalue weighted by Gasteiger charge is -1.94. The van der Waals surface area contributed by atoms with Gasteiger partial charge in [0.2, 0.25) is 0 Å². The van der Waals surface area contributed by atoms with Gasteiger partial charge in [-0.1, -0.05) is 13.0 Å². The average Bonchev–Trinajstić information content (AvgIpc) is 2.06. The normalized spacial score (nSPS) is 13.4. The summed E-state index contributed by atoms with van der Waals surface area (Å²) < 4.78 is 0. The molecule has 0 heterocycles. The molecule has 0 saturated heterocycles. The Bertz CT molecular complexity index is 178. The maximum atomic E-state index is 4.19. The van der Waals surface area contributed by atoms with Crippen LogP contribution in [-0.4, -0.2) is 19.3 Å². The summed E-state index contributed by atoms with van der Waals surface area (Å²) in [6.07, 6.45) is 7.76. The molecule has 0 aromatic heterocycles. The fourth-order valence-electron chi connectivity index (χ4n) is 0.664. The van der Waals surface area contributed by atoms with Crippen molar-refractivity contribution in [1.29, 1.82) is 0 Å². The van der Waals surface area contributed by atoms with Crippen LogP contribution in [0.1, 0.15) is 20.8 Å². The number of allylic oxidation sites excluding steroid dienone is 3.